The number of hydrogen-bond acceptors (Lipinski definition) is 8. The smallest absolute Gasteiger partial charge is 0.337 e. The van der Waals surface area contributed by atoms with E-state index in [4.69, 9.17) is 45.4 Å². The molecule has 0 atom stereocenters. The summed E-state index contributed by atoms with van der Waals surface area (Å²) in [5.74, 6) is -0.799. The minimum absolute atomic E-state index is 0. The van der Waals surface area contributed by atoms with Crippen molar-refractivity contribution in [3.63, 3.8) is 0 Å². The first-order chi connectivity index (χ1) is 16.9. The minimum atomic E-state index is -2.16. The number of carbonyl (C=O) groups is 2. The van der Waals surface area contributed by atoms with E-state index in [0.29, 0.717) is 35.6 Å². The van der Waals surface area contributed by atoms with E-state index in [1.54, 1.807) is 30.3 Å². The van der Waals surface area contributed by atoms with Gasteiger partial charge in [0.05, 0.1) is 39.6 Å². The van der Waals surface area contributed by atoms with E-state index < -0.39 is 11.7 Å². The summed E-state index contributed by atoms with van der Waals surface area (Å²) in [6.07, 6.45) is 0. The molecule has 0 heterocycles. The van der Waals surface area contributed by atoms with Gasteiger partial charge in [-0.2, -0.15) is 0 Å². The predicted octanol–water partition coefficient (Wildman–Crippen LogP) is 6.60. The lowest BCUT2D eigenvalue weighted by Crippen LogP contribution is -2.13. The van der Waals surface area contributed by atoms with Crippen LogP contribution in [0.25, 0.3) is 4.85 Å². The zero-order valence-corrected chi connectivity index (χ0v) is 24.5. The van der Waals surface area contributed by atoms with Crippen LogP contribution in [0.15, 0.2) is 36.4 Å². The molecule has 0 aliphatic carbocycles. The highest BCUT2D eigenvalue weighted by Crippen LogP contribution is 2.52. The molecule has 0 aliphatic heterocycles. The number of methoxy groups -OCH3 is 2. The fourth-order valence-electron chi connectivity index (χ4n) is 2.47. The van der Waals surface area contributed by atoms with Crippen molar-refractivity contribution in [2.24, 2.45) is 5.73 Å². The van der Waals surface area contributed by atoms with Crippen LogP contribution < -0.4 is 5.73 Å². The fourth-order valence-corrected chi connectivity index (χ4v) is 4.74. The van der Waals surface area contributed by atoms with Crippen LogP contribution in [0.5, 0.6) is 0 Å². The van der Waals surface area contributed by atoms with Gasteiger partial charge in [0.25, 0.3) is 0 Å². The molecule has 0 unspecified atom stereocenters. The molecule has 2 rings (SSSR count). The first-order valence-electron chi connectivity index (χ1n) is 10.5. The average molecular weight is 587 g/mol. The number of carbonyl (C=O) groups excluding carboxylic acids is 2. The normalized spacial score (nSPS) is 9.68. The highest BCUT2D eigenvalue weighted by Gasteiger charge is 2.10. The molecular formula is C25H35N2O6PS3. The summed E-state index contributed by atoms with van der Waals surface area (Å²) in [5, 5.41) is 0. The third-order valence-corrected chi connectivity index (χ3v) is 6.97. The summed E-state index contributed by atoms with van der Waals surface area (Å²) in [7, 11) is 2.66. The SMILES string of the molecule is C.CCOP(=S)(S)OCC.COC(=O)c1ccc(C)c(C(N)=S)c1.[C-]#[N+]c1cc(C(=O)OC)ccc1C. The molecule has 8 nitrogen and oxygen atoms in total. The molecule has 37 heavy (non-hydrogen) atoms. The lowest BCUT2D eigenvalue weighted by atomic mass is 10.1. The van der Waals surface area contributed by atoms with E-state index in [9.17, 15) is 9.59 Å². The summed E-state index contributed by atoms with van der Waals surface area (Å²) in [5.41, 5.74) is 7.23. The number of esters is 2. The van der Waals surface area contributed by atoms with E-state index in [1.807, 2.05) is 27.7 Å². The van der Waals surface area contributed by atoms with Crippen LogP contribution in [0.1, 0.15) is 58.7 Å². The van der Waals surface area contributed by atoms with E-state index in [-0.39, 0.29) is 18.4 Å². The molecule has 0 saturated carbocycles. The van der Waals surface area contributed by atoms with Gasteiger partial charge in [-0.15, -0.1) is 0 Å². The monoisotopic (exact) mass is 586 g/mol. The third kappa shape index (κ3) is 13.7. The van der Waals surface area contributed by atoms with Crippen LogP contribution in [0.4, 0.5) is 5.69 Å². The van der Waals surface area contributed by atoms with Crippen molar-refractivity contribution in [2.75, 3.05) is 27.4 Å². The molecule has 204 valence electrons. The Morgan fingerprint density at radius 3 is 1.78 bits per heavy atom. The van der Waals surface area contributed by atoms with Crippen LogP contribution in [0.3, 0.4) is 0 Å². The second-order valence-electron chi connectivity index (χ2n) is 6.79. The van der Waals surface area contributed by atoms with Crippen molar-refractivity contribution in [1.29, 1.82) is 0 Å². The highest BCUT2D eigenvalue weighted by atomic mass is 32.9. The predicted molar refractivity (Wildman–Crippen MR) is 160 cm³/mol. The summed E-state index contributed by atoms with van der Waals surface area (Å²) in [4.78, 5) is 25.8. The Morgan fingerprint density at radius 1 is 0.973 bits per heavy atom. The molecule has 12 heteroatoms. The molecule has 0 amide bonds. The third-order valence-electron chi connectivity index (χ3n) is 4.26. The lowest BCUT2D eigenvalue weighted by Gasteiger charge is -2.13. The van der Waals surface area contributed by atoms with Gasteiger partial charge in [0.1, 0.15) is 4.99 Å². The van der Waals surface area contributed by atoms with Crippen molar-refractivity contribution in [1.82, 2.24) is 0 Å². The van der Waals surface area contributed by atoms with Gasteiger partial charge in [-0.1, -0.05) is 44.0 Å². The Bertz CT molecular complexity index is 1140. The van der Waals surface area contributed by atoms with E-state index >= 15 is 0 Å². The van der Waals surface area contributed by atoms with Gasteiger partial charge in [-0.05, 0) is 74.9 Å². The summed E-state index contributed by atoms with van der Waals surface area (Å²) >= 11 is 13.8. The number of aryl methyl sites for hydroxylation is 2. The zero-order valence-electron chi connectivity index (χ0n) is 21.1. The van der Waals surface area contributed by atoms with Gasteiger partial charge in [-0.3, -0.25) is 0 Å². The molecule has 0 aromatic heterocycles. The molecule has 0 radical (unpaired) electrons. The first kappa shape index (κ1) is 36.8. The maximum Gasteiger partial charge on any atom is 0.337 e. The summed E-state index contributed by atoms with van der Waals surface area (Å²) in [6, 6.07) is 10.0. The van der Waals surface area contributed by atoms with Crippen LogP contribution in [0.2, 0.25) is 0 Å². The van der Waals surface area contributed by atoms with E-state index in [2.05, 4.69) is 26.6 Å². The molecule has 2 aromatic carbocycles. The zero-order chi connectivity index (χ0) is 27.9. The number of ether oxygens (including phenoxy) is 2. The second kappa shape index (κ2) is 18.9. The van der Waals surface area contributed by atoms with Crippen molar-refractivity contribution in [2.45, 2.75) is 35.1 Å². The lowest BCUT2D eigenvalue weighted by molar-refractivity contribution is 0.0592. The molecule has 0 saturated heterocycles. The molecule has 0 fully saturated rings. The van der Waals surface area contributed by atoms with Crippen LogP contribution >= 0.6 is 30.2 Å². The maximum absolute atomic E-state index is 11.2. The number of nitrogens with zero attached hydrogens (tertiary/aromatic N) is 1. The molecular weight excluding hydrogens is 551 g/mol. The highest BCUT2D eigenvalue weighted by molar-refractivity contribution is 8.60. The van der Waals surface area contributed by atoms with E-state index in [0.717, 1.165) is 11.1 Å². The average Bonchev–Trinajstić information content (AvgIpc) is 2.84. The largest absolute Gasteiger partial charge is 0.465 e. The number of hydrogen-bond donors (Lipinski definition) is 2. The van der Waals surface area contributed by atoms with Gasteiger partial charge in [0.2, 0.25) is 5.69 Å². The Balaban J connectivity index is 0. The molecule has 2 N–H and O–H groups in total. The molecule has 0 bridgehead atoms. The van der Waals surface area contributed by atoms with Gasteiger partial charge >= 0.3 is 11.9 Å². The van der Waals surface area contributed by atoms with Gasteiger partial charge in [0, 0.05) is 11.1 Å². The van der Waals surface area contributed by atoms with Gasteiger partial charge in [0.15, 0.2) is 5.69 Å². The van der Waals surface area contributed by atoms with Crippen LogP contribution in [0, 0.1) is 20.4 Å². The standard InChI is InChI=1S/C10H11NO2S.C10H9NO2.C4H11O2PS2.CH4/c1-6-3-4-7(10(12)13-2)5-8(6)9(11)14;1-7-4-5-8(10(12)13-3)6-9(7)11-2;1-3-5-7(8,9)6-4-2;/h3-5H,1-2H3,(H2,11,14);4-6H,1,3H3;3-4H2,1-2H3,(H,8,9);1H4. The van der Waals surface area contributed by atoms with Crippen LogP contribution in [-0.2, 0) is 30.3 Å². The molecule has 0 aliphatic rings. The Kier molecular flexibility index (Phi) is 18.8. The fraction of sp³-hybridized carbons (Fsp3) is 0.360. The summed E-state index contributed by atoms with van der Waals surface area (Å²) in [6.45, 7) is 15.4. The number of rotatable bonds is 7. The maximum atomic E-state index is 11.2. The Morgan fingerprint density at radius 2 is 1.41 bits per heavy atom. The molecule has 0 spiro atoms. The number of benzene rings is 2. The molecule has 2 aromatic rings. The van der Waals surface area contributed by atoms with Crippen molar-refractivity contribution in [3.05, 3.63) is 75.6 Å². The van der Waals surface area contributed by atoms with Crippen molar-refractivity contribution < 1.29 is 28.1 Å². The van der Waals surface area contributed by atoms with Gasteiger partial charge < -0.3 is 24.3 Å². The number of thiol groups is 1. The van der Waals surface area contributed by atoms with Crippen LogP contribution in [-0.4, -0.2) is 44.4 Å². The summed E-state index contributed by atoms with van der Waals surface area (Å²) < 4.78 is 19.2. The topological polar surface area (TPSA) is 101 Å². The minimum Gasteiger partial charge on any atom is -0.465 e. The first-order valence-corrected chi connectivity index (χ1v) is 14.7. The van der Waals surface area contributed by atoms with E-state index in [1.165, 1.54) is 20.3 Å². The number of nitrogens with two attached hydrogens (primary N) is 1. The Labute approximate surface area is 236 Å². The second-order valence-corrected chi connectivity index (χ2v) is 12.5. The Hall–Kier alpha value is -2.32. The van der Waals surface area contributed by atoms with Crippen molar-refractivity contribution >= 4 is 64.6 Å². The quantitative estimate of drug-likeness (QED) is 0.122. The van der Waals surface area contributed by atoms with Gasteiger partial charge in [-0.25, -0.2) is 14.4 Å². The number of thiocarbonyl (C=S) groups is 1. The van der Waals surface area contributed by atoms with Crippen molar-refractivity contribution in [3.8, 4) is 0 Å².